The third kappa shape index (κ3) is 2.68. The minimum absolute atomic E-state index is 0.200. The van der Waals surface area contributed by atoms with Crippen LogP contribution < -0.4 is 16.0 Å². The van der Waals surface area contributed by atoms with Crippen LogP contribution in [0, 0.1) is 0 Å². The third-order valence-electron chi connectivity index (χ3n) is 1.85. The predicted molar refractivity (Wildman–Crippen MR) is 57.7 cm³/mol. The number of amides is 2. The Morgan fingerprint density at radius 3 is 2.86 bits per heavy atom. The highest BCUT2D eigenvalue weighted by Crippen LogP contribution is 2.19. The van der Waals surface area contributed by atoms with E-state index in [-0.39, 0.29) is 12.1 Å². The molecular weight excluding hydrogens is 200 g/mol. The fraction of sp³-hybridized carbons (Fsp3) is 0.500. The fourth-order valence-corrected chi connectivity index (χ4v) is 1.65. The predicted octanol–water partition coefficient (Wildman–Crippen LogP) is 1.17. The molecule has 6 heteroatoms. The molecule has 0 radical (unpaired) electrons. The van der Waals surface area contributed by atoms with Crippen molar-refractivity contribution in [2.45, 2.75) is 13.0 Å². The maximum atomic E-state index is 11.0. The zero-order valence-corrected chi connectivity index (χ0v) is 9.23. The maximum absolute atomic E-state index is 11.0. The third-order valence-corrected chi connectivity index (χ3v) is 2.62. The number of carbonyl (C=O) groups excluding carboxylic acids is 1. The molecule has 0 aliphatic rings. The first-order valence-corrected chi connectivity index (χ1v) is 5.16. The number of nitrogens with zero attached hydrogens (tertiary/aromatic N) is 1. The lowest BCUT2D eigenvalue weighted by Crippen LogP contribution is -2.24. The lowest BCUT2D eigenvalue weighted by molar-refractivity contribution is 0.254. The molecule has 1 atom stereocenters. The van der Waals surface area contributed by atoms with Crippen LogP contribution in [0.25, 0.3) is 0 Å². The first-order valence-electron chi connectivity index (χ1n) is 4.28. The standard InChI is InChI=1S/C8H14N4OS/c1-5(9-2)6-4-14-8(11-6)12-7(13)10-3/h4-5,9H,1-3H3,(H2,10,11,12,13). The summed E-state index contributed by atoms with van der Waals surface area (Å²) >= 11 is 1.41. The van der Waals surface area contributed by atoms with Gasteiger partial charge in [0.05, 0.1) is 5.69 Å². The molecule has 1 aromatic rings. The van der Waals surface area contributed by atoms with E-state index in [9.17, 15) is 4.79 Å². The molecule has 1 aromatic heterocycles. The van der Waals surface area contributed by atoms with Crippen LogP contribution in [-0.4, -0.2) is 25.1 Å². The Kier molecular flexibility index (Phi) is 3.84. The van der Waals surface area contributed by atoms with Gasteiger partial charge in [-0.1, -0.05) is 0 Å². The van der Waals surface area contributed by atoms with Gasteiger partial charge < -0.3 is 10.6 Å². The summed E-state index contributed by atoms with van der Waals surface area (Å²) in [4.78, 5) is 15.2. The van der Waals surface area contributed by atoms with Crippen molar-refractivity contribution in [3.8, 4) is 0 Å². The average molecular weight is 214 g/mol. The summed E-state index contributed by atoms with van der Waals surface area (Å²) < 4.78 is 0. The van der Waals surface area contributed by atoms with E-state index in [4.69, 9.17) is 0 Å². The van der Waals surface area contributed by atoms with Crippen molar-refractivity contribution < 1.29 is 4.79 Å². The van der Waals surface area contributed by atoms with Crippen LogP contribution in [-0.2, 0) is 0 Å². The van der Waals surface area contributed by atoms with Crippen LogP contribution in [0.2, 0.25) is 0 Å². The van der Waals surface area contributed by atoms with E-state index in [1.807, 2.05) is 19.4 Å². The van der Waals surface area contributed by atoms with Crippen LogP contribution in [0.1, 0.15) is 18.7 Å². The number of hydrogen-bond acceptors (Lipinski definition) is 4. The van der Waals surface area contributed by atoms with Gasteiger partial charge in [-0.25, -0.2) is 9.78 Å². The second kappa shape index (κ2) is 4.92. The highest BCUT2D eigenvalue weighted by Gasteiger charge is 2.08. The Morgan fingerprint density at radius 1 is 1.57 bits per heavy atom. The summed E-state index contributed by atoms with van der Waals surface area (Å²) in [5.41, 5.74) is 0.934. The lowest BCUT2D eigenvalue weighted by Gasteiger charge is -2.05. The van der Waals surface area contributed by atoms with E-state index in [1.54, 1.807) is 7.05 Å². The number of thiazole rings is 1. The average Bonchev–Trinajstić information content (AvgIpc) is 2.65. The van der Waals surface area contributed by atoms with Gasteiger partial charge in [0.25, 0.3) is 0 Å². The fourth-order valence-electron chi connectivity index (χ4n) is 0.850. The van der Waals surface area contributed by atoms with Crippen LogP contribution in [0.4, 0.5) is 9.93 Å². The molecule has 0 bridgehead atoms. The van der Waals surface area contributed by atoms with Crippen molar-refractivity contribution in [1.29, 1.82) is 0 Å². The van der Waals surface area contributed by atoms with Gasteiger partial charge in [-0.2, -0.15) is 0 Å². The summed E-state index contributed by atoms with van der Waals surface area (Å²) in [6.07, 6.45) is 0. The maximum Gasteiger partial charge on any atom is 0.320 e. The summed E-state index contributed by atoms with van der Waals surface area (Å²) in [5.74, 6) is 0. The largest absolute Gasteiger partial charge is 0.341 e. The van der Waals surface area contributed by atoms with Gasteiger partial charge in [0.1, 0.15) is 0 Å². The number of nitrogens with one attached hydrogen (secondary N) is 3. The van der Waals surface area contributed by atoms with Gasteiger partial charge in [-0.3, -0.25) is 5.32 Å². The Hall–Kier alpha value is -1.14. The SMILES string of the molecule is CNC(=O)Nc1nc(C(C)NC)cs1. The molecule has 1 rings (SSSR count). The van der Waals surface area contributed by atoms with Crippen molar-refractivity contribution in [2.24, 2.45) is 0 Å². The summed E-state index contributed by atoms with van der Waals surface area (Å²) in [5, 5.41) is 10.7. The van der Waals surface area contributed by atoms with E-state index in [0.29, 0.717) is 5.13 Å². The summed E-state index contributed by atoms with van der Waals surface area (Å²) in [7, 11) is 3.44. The molecule has 0 fully saturated rings. The summed E-state index contributed by atoms with van der Waals surface area (Å²) in [6.45, 7) is 2.01. The van der Waals surface area contributed by atoms with E-state index in [1.165, 1.54) is 11.3 Å². The smallest absolute Gasteiger partial charge is 0.320 e. The molecule has 1 heterocycles. The molecule has 0 aromatic carbocycles. The van der Waals surface area contributed by atoms with Gasteiger partial charge in [-0.15, -0.1) is 11.3 Å². The minimum Gasteiger partial charge on any atom is -0.341 e. The molecule has 78 valence electrons. The zero-order chi connectivity index (χ0) is 10.6. The second-order valence-electron chi connectivity index (χ2n) is 2.79. The molecule has 0 aliphatic carbocycles. The Balaban J connectivity index is 2.63. The Labute approximate surface area is 86.9 Å². The normalized spacial score (nSPS) is 12.2. The van der Waals surface area contributed by atoms with Crippen molar-refractivity contribution in [3.05, 3.63) is 11.1 Å². The van der Waals surface area contributed by atoms with Crippen molar-refractivity contribution >= 4 is 22.5 Å². The van der Waals surface area contributed by atoms with Crippen LogP contribution in [0.3, 0.4) is 0 Å². The number of aromatic nitrogens is 1. The molecule has 14 heavy (non-hydrogen) atoms. The van der Waals surface area contributed by atoms with Gasteiger partial charge in [-0.05, 0) is 14.0 Å². The van der Waals surface area contributed by atoms with Gasteiger partial charge in [0.2, 0.25) is 0 Å². The molecule has 2 amide bonds. The van der Waals surface area contributed by atoms with E-state index in [2.05, 4.69) is 20.9 Å². The number of hydrogen-bond donors (Lipinski definition) is 3. The first kappa shape index (κ1) is 10.9. The van der Waals surface area contributed by atoms with Crippen LogP contribution >= 0.6 is 11.3 Å². The molecule has 0 aliphatic heterocycles. The number of rotatable bonds is 3. The number of carbonyl (C=O) groups is 1. The van der Waals surface area contributed by atoms with Gasteiger partial charge in [0, 0.05) is 18.5 Å². The van der Waals surface area contributed by atoms with Gasteiger partial charge in [0.15, 0.2) is 5.13 Å². The van der Waals surface area contributed by atoms with Crippen LogP contribution in [0.15, 0.2) is 5.38 Å². The lowest BCUT2D eigenvalue weighted by atomic mass is 10.3. The molecule has 0 saturated heterocycles. The van der Waals surface area contributed by atoms with Crippen molar-refractivity contribution in [2.75, 3.05) is 19.4 Å². The highest BCUT2D eigenvalue weighted by atomic mass is 32.1. The minimum atomic E-state index is -0.247. The van der Waals surface area contributed by atoms with Crippen molar-refractivity contribution in [1.82, 2.24) is 15.6 Å². The summed E-state index contributed by atoms with van der Waals surface area (Å²) in [6, 6.07) is -0.0468. The second-order valence-corrected chi connectivity index (χ2v) is 3.65. The number of urea groups is 1. The Bertz CT molecular complexity index is 312. The molecule has 3 N–H and O–H groups in total. The zero-order valence-electron chi connectivity index (χ0n) is 8.42. The van der Waals surface area contributed by atoms with E-state index >= 15 is 0 Å². The molecule has 1 unspecified atom stereocenters. The number of anilines is 1. The van der Waals surface area contributed by atoms with E-state index < -0.39 is 0 Å². The molecule has 0 saturated carbocycles. The first-order chi connectivity index (χ1) is 6.67. The molecule has 0 spiro atoms. The van der Waals surface area contributed by atoms with Crippen LogP contribution in [0.5, 0.6) is 0 Å². The van der Waals surface area contributed by atoms with Crippen molar-refractivity contribution in [3.63, 3.8) is 0 Å². The highest BCUT2D eigenvalue weighted by molar-refractivity contribution is 7.13. The van der Waals surface area contributed by atoms with E-state index in [0.717, 1.165) is 5.69 Å². The Morgan fingerprint density at radius 2 is 2.29 bits per heavy atom. The molecule has 5 nitrogen and oxygen atoms in total. The molecular formula is C8H14N4OS. The quantitative estimate of drug-likeness (QED) is 0.707. The topological polar surface area (TPSA) is 66.0 Å². The van der Waals surface area contributed by atoms with Gasteiger partial charge >= 0.3 is 6.03 Å². The monoisotopic (exact) mass is 214 g/mol.